The normalized spacial score (nSPS) is 11.2. The molecule has 0 aliphatic heterocycles. The smallest absolute Gasteiger partial charge is 0.143 e. The van der Waals surface area contributed by atoms with E-state index < -0.39 is 0 Å². The number of para-hydroxylation sites is 2. The third kappa shape index (κ3) is 8.94. The molecule has 75 heavy (non-hydrogen) atoms. The van der Waals surface area contributed by atoms with E-state index in [1.165, 1.54) is 22.3 Å². The number of nitrogens with zero attached hydrogens (tertiary/aromatic N) is 2. The van der Waals surface area contributed by atoms with Gasteiger partial charge in [0.1, 0.15) is 11.2 Å². The van der Waals surface area contributed by atoms with Gasteiger partial charge in [-0.15, -0.1) is 0 Å². The van der Waals surface area contributed by atoms with Crippen LogP contribution < -0.4 is 9.80 Å². The van der Waals surface area contributed by atoms with E-state index in [9.17, 15) is 0 Å². The monoisotopic (exact) mass is 958 g/mol. The molecular formula is C72H50N2O. The average Bonchev–Trinajstić information content (AvgIpc) is 3.89. The molecule has 13 rings (SSSR count). The van der Waals surface area contributed by atoms with Crippen LogP contribution in [-0.4, -0.2) is 0 Å². The lowest BCUT2D eigenvalue weighted by molar-refractivity contribution is 0.671. The summed E-state index contributed by atoms with van der Waals surface area (Å²) in [5.41, 5.74) is 21.8. The van der Waals surface area contributed by atoms with Crippen LogP contribution in [0.1, 0.15) is 0 Å². The summed E-state index contributed by atoms with van der Waals surface area (Å²) in [6.07, 6.45) is 0. The molecule has 0 radical (unpaired) electrons. The van der Waals surface area contributed by atoms with Crippen molar-refractivity contribution < 1.29 is 4.42 Å². The quantitative estimate of drug-likeness (QED) is 0.122. The van der Waals surface area contributed by atoms with Crippen molar-refractivity contribution in [2.24, 2.45) is 0 Å². The van der Waals surface area contributed by atoms with Crippen LogP contribution in [0.5, 0.6) is 0 Å². The first-order valence-corrected chi connectivity index (χ1v) is 25.6. The molecule has 354 valence electrons. The summed E-state index contributed by atoms with van der Waals surface area (Å²) in [6.45, 7) is 0. The van der Waals surface area contributed by atoms with Gasteiger partial charge < -0.3 is 14.2 Å². The molecule has 1 aromatic heterocycles. The van der Waals surface area contributed by atoms with E-state index in [0.717, 1.165) is 101 Å². The van der Waals surface area contributed by atoms with E-state index in [4.69, 9.17) is 4.42 Å². The maximum absolute atomic E-state index is 7.06. The van der Waals surface area contributed by atoms with Crippen LogP contribution in [0.4, 0.5) is 34.1 Å². The summed E-state index contributed by atoms with van der Waals surface area (Å²) >= 11 is 0. The zero-order valence-corrected chi connectivity index (χ0v) is 41.2. The molecule has 0 bridgehead atoms. The molecule has 0 N–H and O–H groups in total. The number of hydrogen-bond acceptors (Lipinski definition) is 3. The Kier molecular flexibility index (Phi) is 11.9. The van der Waals surface area contributed by atoms with Crippen molar-refractivity contribution in [2.75, 3.05) is 9.80 Å². The van der Waals surface area contributed by atoms with Gasteiger partial charge >= 0.3 is 0 Å². The second-order valence-corrected chi connectivity index (χ2v) is 18.9. The van der Waals surface area contributed by atoms with Gasteiger partial charge in [-0.3, -0.25) is 0 Å². The number of anilines is 6. The van der Waals surface area contributed by atoms with Crippen LogP contribution in [0.15, 0.2) is 308 Å². The number of fused-ring (bicyclic) bond motifs is 3. The molecule has 0 spiro atoms. The largest absolute Gasteiger partial charge is 0.455 e. The van der Waals surface area contributed by atoms with Crippen molar-refractivity contribution in [3.05, 3.63) is 303 Å². The summed E-state index contributed by atoms with van der Waals surface area (Å²) < 4.78 is 7.06. The Hall–Kier alpha value is -9.96. The molecule has 0 aliphatic rings. The van der Waals surface area contributed by atoms with Crippen LogP contribution in [-0.2, 0) is 0 Å². The van der Waals surface area contributed by atoms with Gasteiger partial charge in [-0.05, 0) is 128 Å². The molecule has 0 unspecified atom stereocenters. The predicted molar refractivity (Wildman–Crippen MR) is 316 cm³/mol. The van der Waals surface area contributed by atoms with Crippen LogP contribution in [0.3, 0.4) is 0 Å². The molecular weight excluding hydrogens is 909 g/mol. The first-order valence-electron chi connectivity index (χ1n) is 25.6. The van der Waals surface area contributed by atoms with Gasteiger partial charge in [-0.25, -0.2) is 0 Å². The van der Waals surface area contributed by atoms with Gasteiger partial charge in [-0.1, -0.05) is 231 Å². The summed E-state index contributed by atoms with van der Waals surface area (Å²) in [7, 11) is 0. The lowest BCUT2D eigenvalue weighted by Gasteiger charge is -2.27. The van der Waals surface area contributed by atoms with Gasteiger partial charge in [0.15, 0.2) is 0 Å². The Morgan fingerprint density at radius 1 is 0.187 bits per heavy atom. The summed E-state index contributed by atoms with van der Waals surface area (Å²) in [5.74, 6) is 0. The van der Waals surface area contributed by atoms with Crippen LogP contribution in [0, 0.1) is 0 Å². The van der Waals surface area contributed by atoms with E-state index >= 15 is 0 Å². The Labute approximate surface area is 438 Å². The zero-order valence-electron chi connectivity index (χ0n) is 41.2. The Balaban J connectivity index is 0.861. The third-order valence-corrected chi connectivity index (χ3v) is 14.2. The number of furan rings is 1. The van der Waals surface area contributed by atoms with E-state index in [0.29, 0.717) is 0 Å². The van der Waals surface area contributed by atoms with E-state index in [-0.39, 0.29) is 0 Å². The van der Waals surface area contributed by atoms with Gasteiger partial charge in [0.05, 0.1) is 0 Å². The van der Waals surface area contributed by atoms with Crippen LogP contribution >= 0.6 is 0 Å². The Morgan fingerprint density at radius 3 is 0.747 bits per heavy atom. The van der Waals surface area contributed by atoms with Crippen molar-refractivity contribution >= 4 is 56.1 Å². The zero-order chi connectivity index (χ0) is 49.9. The van der Waals surface area contributed by atoms with Crippen molar-refractivity contribution in [2.45, 2.75) is 0 Å². The van der Waals surface area contributed by atoms with E-state index in [1.54, 1.807) is 0 Å². The molecule has 3 nitrogen and oxygen atoms in total. The standard InChI is InChI=1S/C72H50N2O/c1-5-19-51(20-6-1)57-27-13-31-63(47-57)73(64-32-14-28-58(48-64)52-21-7-2-8-22-52)61-43-39-55(40-44-61)67-35-17-37-69-70-38-18-36-68(72(70)75-71(67)69)56-41-45-62(46-42-56)74(65-33-15-29-59(49-65)53-23-9-3-10-24-53)66-34-16-30-60(50-66)54-25-11-4-12-26-54/h1-50H. The Morgan fingerprint density at radius 2 is 0.453 bits per heavy atom. The molecule has 0 saturated heterocycles. The van der Waals surface area contributed by atoms with Crippen molar-refractivity contribution in [1.29, 1.82) is 0 Å². The molecule has 0 fully saturated rings. The van der Waals surface area contributed by atoms with E-state index in [1.807, 2.05) is 0 Å². The highest BCUT2D eigenvalue weighted by Gasteiger charge is 2.20. The van der Waals surface area contributed by atoms with Crippen molar-refractivity contribution in [3.63, 3.8) is 0 Å². The lowest BCUT2D eigenvalue weighted by Crippen LogP contribution is -2.10. The highest BCUT2D eigenvalue weighted by atomic mass is 16.3. The molecule has 0 aliphatic carbocycles. The highest BCUT2D eigenvalue weighted by Crippen LogP contribution is 2.44. The third-order valence-electron chi connectivity index (χ3n) is 14.2. The van der Waals surface area contributed by atoms with Crippen LogP contribution in [0.25, 0.3) is 88.7 Å². The fourth-order valence-corrected chi connectivity index (χ4v) is 10.6. The highest BCUT2D eigenvalue weighted by molar-refractivity contribution is 6.13. The van der Waals surface area contributed by atoms with Crippen molar-refractivity contribution in [1.82, 2.24) is 0 Å². The van der Waals surface area contributed by atoms with Gasteiger partial charge in [-0.2, -0.15) is 0 Å². The molecule has 0 atom stereocenters. The lowest BCUT2D eigenvalue weighted by atomic mass is 9.99. The number of benzene rings is 12. The molecule has 12 aromatic carbocycles. The number of rotatable bonds is 12. The average molecular weight is 959 g/mol. The summed E-state index contributed by atoms with van der Waals surface area (Å²) in [6, 6.07) is 108. The second-order valence-electron chi connectivity index (χ2n) is 18.9. The summed E-state index contributed by atoms with van der Waals surface area (Å²) in [5, 5.41) is 2.18. The fraction of sp³-hybridized carbons (Fsp3) is 0. The number of hydrogen-bond donors (Lipinski definition) is 0. The molecule has 0 saturated carbocycles. The molecule has 1 heterocycles. The SMILES string of the molecule is c1ccc(-c2cccc(N(c3ccc(-c4cccc5c4oc4c(-c6ccc(N(c7cccc(-c8ccccc8)c7)c7cccc(-c8ccccc8)c7)cc6)cccc45)cc3)c3cccc(-c4ccccc4)c3)c2)cc1. The second kappa shape index (κ2) is 19.9. The molecule has 13 aromatic rings. The van der Waals surface area contributed by atoms with Gasteiger partial charge in [0.2, 0.25) is 0 Å². The minimum absolute atomic E-state index is 0.870. The topological polar surface area (TPSA) is 19.6 Å². The first-order chi connectivity index (χ1) is 37.2. The van der Waals surface area contributed by atoms with Crippen molar-refractivity contribution in [3.8, 4) is 66.8 Å². The predicted octanol–water partition coefficient (Wildman–Crippen LogP) is 20.5. The minimum atomic E-state index is 0.870. The first kappa shape index (κ1) is 44.9. The summed E-state index contributed by atoms with van der Waals surface area (Å²) in [4.78, 5) is 4.70. The fourth-order valence-electron chi connectivity index (χ4n) is 10.6. The molecule has 3 heteroatoms. The Bertz CT molecular complexity index is 3660. The minimum Gasteiger partial charge on any atom is -0.455 e. The maximum Gasteiger partial charge on any atom is 0.143 e. The van der Waals surface area contributed by atoms with E-state index in [2.05, 4.69) is 313 Å². The van der Waals surface area contributed by atoms with Gasteiger partial charge in [0.25, 0.3) is 0 Å². The van der Waals surface area contributed by atoms with Gasteiger partial charge in [0, 0.05) is 56.0 Å². The molecule has 0 amide bonds. The van der Waals surface area contributed by atoms with Crippen LogP contribution in [0.2, 0.25) is 0 Å². The maximum atomic E-state index is 7.06.